The van der Waals surface area contributed by atoms with E-state index in [1.807, 2.05) is 0 Å². The lowest BCUT2D eigenvalue weighted by Gasteiger charge is -2.06. The van der Waals surface area contributed by atoms with Crippen molar-refractivity contribution in [3.63, 3.8) is 0 Å². The van der Waals surface area contributed by atoms with Crippen molar-refractivity contribution in [3.05, 3.63) is 0 Å². The summed E-state index contributed by atoms with van der Waals surface area (Å²) in [4.78, 5) is 10.2. The second-order valence-electron chi connectivity index (χ2n) is 2.56. The predicted octanol–water partition coefficient (Wildman–Crippen LogP) is 0.331. The zero-order chi connectivity index (χ0) is 11.7. The monoisotopic (exact) mass is 246 g/mol. The van der Waals surface area contributed by atoms with E-state index in [0.29, 0.717) is 6.54 Å². The molecule has 1 amide bonds. The number of hydrogen-bond donors (Lipinski definition) is 2. The number of thioether (sulfide) groups is 1. The van der Waals surface area contributed by atoms with Gasteiger partial charge in [-0.1, -0.05) is 0 Å². The molecule has 3 N–H and O–H groups in total. The second-order valence-corrected chi connectivity index (χ2v) is 3.72. The fourth-order valence-electron chi connectivity index (χ4n) is 0.681. The minimum absolute atomic E-state index is 0.0423. The number of nitrogens with two attached hydrogens (primary N) is 1. The minimum Gasteiger partial charge on any atom is -0.370 e. The average molecular weight is 246 g/mol. The third-order valence-corrected chi connectivity index (χ3v) is 1.95. The lowest BCUT2D eigenvalue weighted by Crippen LogP contribution is -2.25. The molecule has 8 heteroatoms. The molecule has 0 saturated heterocycles. The molecule has 0 radical (unpaired) electrons. The number of rotatable bonds is 8. The van der Waals surface area contributed by atoms with E-state index < -0.39 is 11.4 Å². The van der Waals surface area contributed by atoms with E-state index in [4.69, 9.17) is 10.5 Å². The number of nitrogens with one attached hydrogen (secondary N) is 1. The molecule has 0 spiro atoms. The summed E-state index contributed by atoms with van der Waals surface area (Å²) in [5.74, 6) is -0.609. The first-order valence-electron chi connectivity index (χ1n) is 4.19. The molecule has 0 aromatic carbocycles. The first-order valence-corrected chi connectivity index (χ1v) is 5.18. The van der Waals surface area contributed by atoms with Gasteiger partial charge in [0.2, 0.25) is 5.91 Å². The van der Waals surface area contributed by atoms with Crippen LogP contribution >= 0.6 is 11.8 Å². The van der Waals surface area contributed by atoms with E-state index in [9.17, 15) is 18.0 Å². The Hall–Kier alpha value is -0.470. The van der Waals surface area contributed by atoms with Crippen LogP contribution in [0, 0.1) is 0 Å². The Morgan fingerprint density at radius 1 is 1.40 bits per heavy atom. The van der Waals surface area contributed by atoms with E-state index in [1.165, 1.54) is 0 Å². The number of hydrogen-bond acceptors (Lipinski definition) is 4. The van der Waals surface area contributed by atoms with Gasteiger partial charge >= 0.3 is 5.51 Å². The van der Waals surface area contributed by atoms with Gasteiger partial charge in [0.1, 0.15) is 6.61 Å². The number of carbonyl (C=O) groups excluding carboxylic acids is 1. The maximum Gasteiger partial charge on any atom is 0.441 e. The van der Waals surface area contributed by atoms with Crippen molar-refractivity contribution in [2.24, 2.45) is 5.73 Å². The van der Waals surface area contributed by atoms with Crippen molar-refractivity contribution >= 4 is 17.7 Å². The van der Waals surface area contributed by atoms with E-state index in [0.717, 1.165) is 0 Å². The summed E-state index contributed by atoms with van der Waals surface area (Å²) in [7, 11) is 0. The summed E-state index contributed by atoms with van der Waals surface area (Å²) in [6, 6.07) is 0. The van der Waals surface area contributed by atoms with Crippen molar-refractivity contribution in [1.82, 2.24) is 5.32 Å². The van der Waals surface area contributed by atoms with Gasteiger partial charge in [0.15, 0.2) is 0 Å². The van der Waals surface area contributed by atoms with Gasteiger partial charge in [-0.05, 0) is 11.8 Å². The summed E-state index contributed by atoms with van der Waals surface area (Å²) in [5.41, 5.74) is 0.614. The zero-order valence-electron chi connectivity index (χ0n) is 7.97. The molecule has 0 heterocycles. The molecule has 0 saturated carbocycles. The number of halogens is 3. The summed E-state index contributed by atoms with van der Waals surface area (Å²) in [6.07, 6.45) is 0. The lowest BCUT2D eigenvalue weighted by molar-refractivity contribution is -0.122. The fraction of sp³-hybridized carbons (Fsp3) is 0.857. The molecule has 4 nitrogen and oxygen atoms in total. The Labute approximate surface area is 89.7 Å². The van der Waals surface area contributed by atoms with Crippen LogP contribution in [-0.4, -0.2) is 43.5 Å². The highest BCUT2D eigenvalue weighted by Gasteiger charge is 2.27. The van der Waals surface area contributed by atoms with Crippen LogP contribution in [0.5, 0.6) is 0 Å². The molecule has 0 aliphatic carbocycles. The van der Waals surface area contributed by atoms with Gasteiger partial charge in [0.25, 0.3) is 0 Å². The van der Waals surface area contributed by atoms with Crippen LogP contribution in [-0.2, 0) is 9.53 Å². The summed E-state index contributed by atoms with van der Waals surface area (Å²) in [6.45, 7) is 0.717. The molecule has 90 valence electrons. The standard InChI is InChI=1S/C7H13F3N2O2S/c8-7(9,10)15-4-2-12-1-3-14-5-6(11)13/h12H,1-5H2,(H2,11,13). The highest BCUT2D eigenvalue weighted by Crippen LogP contribution is 2.29. The largest absolute Gasteiger partial charge is 0.441 e. The van der Waals surface area contributed by atoms with Crippen LogP contribution in [0.25, 0.3) is 0 Å². The van der Waals surface area contributed by atoms with Crippen molar-refractivity contribution in [2.75, 3.05) is 32.1 Å². The summed E-state index contributed by atoms with van der Waals surface area (Å²) in [5, 5.41) is 2.73. The van der Waals surface area contributed by atoms with E-state index >= 15 is 0 Å². The molecule has 0 bridgehead atoms. The SMILES string of the molecule is NC(=O)COCCNCCSC(F)(F)F. The molecule has 0 aliphatic rings. The molecule has 0 rings (SSSR count). The van der Waals surface area contributed by atoms with Gasteiger partial charge < -0.3 is 15.8 Å². The first kappa shape index (κ1) is 14.5. The predicted molar refractivity (Wildman–Crippen MR) is 51.4 cm³/mol. The zero-order valence-corrected chi connectivity index (χ0v) is 8.79. The van der Waals surface area contributed by atoms with Crippen molar-refractivity contribution in [1.29, 1.82) is 0 Å². The van der Waals surface area contributed by atoms with Gasteiger partial charge in [-0.3, -0.25) is 4.79 Å². The molecule has 15 heavy (non-hydrogen) atoms. The van der Waals surface area contributed by atoms with Crippen molar-refractivity contribution in [3.8, 4) is 0 Å². The van der Waals surface area contributed by atoms with Crippen LogP contribution in [0.15, 0.2) is 0 Å². The molecule has 0 aromatic rings. The fourth-order valence-corrected chi connectivity index (χ4v) is 1.16. The van der Waals surface area contributed by atoms with Crippen molar-refractivity contribution < 1.29 is 22.7 Å². The van der Waals surface area contributed by atoms with E-state index in [-0.39, 0.29) is 37.3 Å². The molecular weight excluding hydrogens is 233 g/mol. The molecular formula is C7H13F3N2O2S. The lowest BCUT2D eigenvalue weighted by atomic mass is 10.6. The van der Waals surface area contributed by atoms with Crippen LogP contribution < -0.4 is 11.1 Å². The third-order valence-electron chi connectivity index (χ3n) is 1.21. The number of ether oxygens (including phenoxy) is 1. The maximum atomic E-state index is 11.6. The Kier molecular flexibility index (Phi) is 7.53. The highest BCUT2D eigenvalue weighted by molar-refractivity contribution is 8.00. The molecule has 0 unspecified atom stereocenters. The van der Waals surface area contributed by atoms with Gasteiger partial charge in [0.05, 0.1) is 6.61 Å². The summed E-state index contributed by atoms with van der Waals surface area (Å²) >= 11 is -0.0752. The third kappa shape index (κ3) is 13.5. The normalized spacial score (nSPS) is 11.7. The van der Waals surface area contributed by atoms with E-state index in [2.05, 4.69) is 5.32 Å². The van der Waals surface area contributed by atoms with E-state index in [1.54, 1.807) is 0 Å². The molecule has 0 aromatic heterocycles. The van der Waals surface area contributed by atoms with Crippen LogP contribution in [0.1, 0.15) is 0 Å². The maximum absolute atomic E-state index is 11.6. The summed E-state index contributed by atoms with van der Waals surface area (Å²) < 4.78 is 39.7. The average Bonchev–Trinajstić information content (AvgIpc) is 2.07. The number of carbonyl (C=O) groups is 1. The minimum atomic E-state index is -4.18. The Balaban J connectivity index is 3.09. The molecule has 0 atom stereocenters. The van der Waals surface area contributed by atoms with Crippen LogP contribution in [0.2, 0.25) is 0 Å². The first-order chi connectivity index (χ1) is 6.92. The van der Waals surface area contributed by atoms with Gasteiger partial charge in [-0.25, -0.2) is 0 Å². The highest BCUT2D eigenvalue weighted by atomic mass is 32.2. The second kappa shape index (κ2) is 7.77. The molecule has 0 aliphatic heterocycles. The molecule has 0 fully saturated rings. The number of alkyl halides is 3. The quantitative estimate of drug-likeness (QED) is 0.606. The Morgan fingerprint density at radius 2 is 2.07 bits per heavy atom. The number of primary amides is 1. The van der Waals surface area contributed by atoms with Crippen LogP contribution in [0.4, 0.5) is 13.2 Å². The van der Waals surface area contributed by atoms with Crippen molar-refractivity contribution in [2.45, 2.75) is 5.51 Å². The Bertz CT molecular complexity index is 190. The smallest absolute Gasteiger partial charge is 0.370 e. The van der Waals surface area contributed by atoms with Gasteiger partial charge in [0, 0.05) is 18.8 Å². The Morgan fingerprint density at radius 3 is 2.60 bits per heavy atom. The number of amides is 1. The van der Waals surface area contributed by atoms with Crippen LogP contribution in [0.3, 0.4) is 0 Å². The van der Waals surface area contributed by atoms with Gasteiger partial charge in [-0.2, -0.15) is 13.2 Å². The topological polar surface area (TPSA) is 64.4 Å². The van der Waals surface area contributed by atoms with Gasteiger partial charge in [-0.15, -0.1) is 0 Å².